The third-order valence-electron chi connectivity index (χ3n) is 10.9. The number of halogens is 4. The molecule has 4 fully saturated rings. The standard InChI is InChI=1S/C26H30F2N2O5.C20H25F2NO5/c1-26(2,3)35-25(32)30-14-20(33-15-16-7-5-4-6-8-16)13-22(30)23-21(29-24(31)34-23)11-17-9-18(27)12-19(28)10-17;1-20(2,3)28-19(26)23-10-15(24)9-16(23)18-12(7-17(25)27-18)4-11-5-13(21)8-14(22)6-11/h4-10,12,20-23H,11,13-15H2,1-3H3,(H,29,31);5-6,8,12,15-16,18,24H,4,7,9-10H2,1-3H3/t20-,21+,22-,23+;12-,15-,16-,18+/m11/s1. The Balaban J connectivity index is 0.000000215. The van der Waals surface area contributed by atoms with E-state index in [1.165, 1.54) is 34.1 Å². The fourth-order valence-electron chi connectivity index (χ4n) is 8.47. The van der Waals surface area contributed by atoms with Crippen LogP contribution in [-0.4, -0.2) is 106 Å². The first-order valence-electron chi connectivity index (χ1n) is 21.0. The zero-order valence-corrected chi connectivity index (χ0v) is 36.2. The van der Waals surface area contributed by atoms with Crippen molar-refractivity contribution in [3.05, 3.63) is 107 Å². The molecule has 342 valence electrons. The second-order valence-corrected chi connectivity index (χ2v) is 18.4. The Labute approximate surface area is 363 Å². The number of rotatable bonds is 9. The Morgan fingerprint density at radius 3 is 1.79 bits per heavy atom. The quantitative estimate of drug-likeness (QED) is 0.126. The summed E-state index contributed by atoms with van der Waals surface area (Å²) in [6.07, 6.45) is -3.16. The Hall–Kier alpha value is -5.42. The molecule has 0 radical (unpaired) electrons. The van der Waals surface area contributed by atoms with Gasteiger partial charge in [-0.2, -0.15) is 0 Å². The van der Waals surface area contributed by atoms with Crippen molar-refractivity contribution in [3.63, 3.8) is 0 Å². The molecule has 3 aromatic rings. The molecule has 3 amide bonds. The number of hydrogen-bond donors (Lipinski definition) is 2. The van der Waals surface area contributed by atoms with Gasteiger partial charge >= 0.3 is 24.2 Å². The molecule has 3 aromatic carbocycles. The van der Waals surface area contributed by atoms with E-state index in [1.807, 2.05) is 30.3 Å². The van der Waals surface area contributed by atoms with Crippen LogP contribution >= 0.6 is 0 Å². The minimum atomic E-state index is -0.760. The third kappa shape index (κ3) is 13.1. The number of nitrogens with one attached hydrogen (secondary N) is 1. The largest absolute Gasteiger partial charge is 0.460 e. The topological polar surface area (TPSA) is 153 Å². The summed E-state index contributed by atoms with van der Waals surface area (Å²) in [5.41, 5.74) is 0.364. The highest BCUT2D eigenvalue weighted by atomic mass is 19.1. The second-order valence-electron chi connectivity index (χ2n) is 18.4. The molecule has 4 heterocycles. The maximum Gasteiger partial charge on any atom is 0.410 e. The van der Waals surface area contributed by atoms with E-state index in [2.05, 4.69) is 5.32 Å². The number of benzene rings is 3. The van der Waals surface area contributed by atoms with Gasteiger partial charge in [-0.25, -0.2) is 31.9 Å². The number of β-amino-alcohol motifs (C(OH)–C–C–N with tert-alkyl or cyclic N) is 1. The number of carbonyl (C=O) groups is 4. The van der Waals surface area contributed by atoms with Crippen LogP contribution in [0.3, 0.4) is 0 Å². The monoisotopic (exact) mass is 885 g/mol. The summed E-state index contributed by atoms with van der Waals surface area (Å²) in [7, 11) is 0. The molecule has 63 heavy (non-hydrogen) atoms. The van der Waals surface area contributed by atoms with Crippen molar-refractivity contribution >= 4 is 24.2 Å². The van der Waals surface area contributed by atoms with Crippen molar-refractivity contribution in [3.8, 4) is 0 Å². The number of nitrogens with zero attached hydrogens (tertiary/aromatic N) is 2. The zero-order valence-electron chi connectivity index (χ0n) is 36.2. The number of hydrogen-bond acceptors (Lipinski definition) is 10. The average Bonchev–Trinajstić information content (AvgIpc) is 3.94. The van der Waals surface area contributed by atoms with Gasteiger partial charge in [-0.15, -0.1) is 0 Å². The molecule has 4 saturated heterocycles. The molecule has 0 aromatic heterocycles. The van der Waals surface area contributed by atoms with Gasteiger partial charge in [0, 0.05) is 18.1 Å². The lowest BCUT2D eigenvalue weighted by Crippen LogP contribution is -2.50. The van der Waals surface area contributed by atoms with Crippen LogP contribution in [0, 0.1) is 29.2 Å². The molecule has 2 N–H and O–H groups in total. The van der Waals surface area contributed by atoms with Crippen LogP contribution in [0.4, 0.5) is 31.9 Å². The number of amides is 3. The van der Waals surface area contributed by atoms with Crippen molar-refractivity contribution in [2.75, 3.05) is 13.1 Å². The number of likely N-dealkylation sites (tertiary alicyclic amines) is 2. The summed E-state index contributed by atoms with van der Waals surface area (Å²) in [5.74, 6) is -3.59. The minimum Gasteiger partial charge on any atom is -0.460 e. The first-order chi connectivity index (χ1) is 29.6. The molecule has 17 heteroatoms. The van der Waals surface area contributed by atoms with Crippen LogP contribution in [0.5, 0.6) is 0 Å². The molecule has 0 saturated carbocycles. The highest BCUT2D eigenvalue weighted by Crippen LogP contribution is 2.36. The summed E-state index contributed by atoms with van der Waals surface area (Å²) in [5, 5.41) is 12.8. The molecule has 0 bridgehead atoms. The number of esters is 1. The van der Waals surface area contributed by atoms with Crippen molar-refractivity contribution in [2.45, 2.75) is 134 Å². The Bertz CT molecular complexity index is 2070. The van der Waals surface area contributed by atoms with Crippen LogP contribution in [0.2, 0.25) is 0 Å². The third-order valence-corrected chi connectivity index (χ3v) is 10.9. The lowest BCUT2D eigenvalue weighted by molar-refractivity contribution is -0.143. The van der Waals surface area contributed by atoms with E-state index in [1.54, 1.807) is 41.5 Å². The maximum absolute atomic E-state index is 13.7. The molecule has 4 aliphatic rings. The average molecular weight is 886 g/mol. The number of aliphatic hydroxyl groups excluding tert-OH is 1. The number of alkyl carbamates (subject to hydrolysis) is 1. The number of carbonyl (C=O) groups excluding carboxylic acids is 4. The summed E-state index contributed by atoms with van der Waals surface area (Å²) in [6.45, 7) is 11.3. The molecule has 13 nitrogen and oxygen atoms in total. The Kier molecular flexibility index (Phi) is 14.6. The van der Waals surface area contributed by atoms with E-state index in [-0.39, 0.29) is 50.8 Å². The van der Waals surface area contributed by atoms with Crippen molar-refractivity contribution < 1.29 is 65.5 Å². The zero-order chi connectivity index (χ0) is 45.8. The van der Waals surface area contributed by atoms with Crippen LogP contribution in [0.1, 0.15) is 77.5 Å². The lowest BCUT2D eigenvalue weighted by Gasteiger charge is -2.32. The summed E-state index contributed by atoms with van der Waals surface area (Å²) >= 11 is 0. The fourth-order valence-corrected chi connectivity index (χ4v) is 8.47. The van der Waals surface area contributed by atoms with Crippen molar-refractivity contribution in [1.29, 1.82) is 0 Å². The molecule has 7 rings (SSSR count). The van der Waals surface area contributed by atoms with Crippen molar-refractivity contribution in [2.24, 2.45) is 5.92 Å². The van der Waals surface area contributed by atoms with Crippen LogP contribution in [0.15, 0.2) is 66.7 Å². The summed E-state index contributed by atoms with van der Waals surface area (Å²) in [6, 6.07) is 14.5. The van der Waals surface area contributed by atoms with Crippen LogP contribution < -0.4 is 5.32 Å². The normalized spacial score (nSPS) is 25.8. The summed E-state index contributed by atoms with van der Waals surface area (Å²) in [4.78, 5) is 52.7. The van der Waals surface area contributed by atoms with E-state index < -0.39 is 95.2 Å². The smallest absolute Gasteiger partial charge is 0.410 e. The summed E-state index contributed by atoms with van der Waals surface area (Å²) < 4.78 is 82.6. The highest BCUT2D eigenvalue weighted by Gasteiger charge is 2.50. The highest BCUT2D eigenvalue weighted by molar-refractivity contribution is 5.74. The first-order valence-corrected chi connectivity index (χ1v) is 21.0. The van der Waals surface area contributed by atoms with Crippen LogP contribution in [0.25, 0.3) is 0 Å². The molecular weight excluding hydrogens is 831 g/mol. The van der Waals surface area contributed by atoms with Gasteiger partial charge in [0.2, 0.25) is 0 Å². The van der Waals surface area contributed by atoms with Gasteiger partial charge in [-0.05, 0) is 108 Å². The van der Waals surface area contributed by atoms with Crippen LogP contribution in [-0.2, 0) is 47.9 Å². The SMILES string of the molecule is CC(C)(C)OC(=O)N1C[C@H](O)C[C@@H]1[C@H]1OC(=O)C[C@H]1Cc1cc(F)cc(F)c1.CC(C)(C)OC(=O)N1C[C@H](OCc2ccccc2)C[C@@H]1[C@H]1OC(=O)N[C@H]1Cc1cc(F)cc(F)c1. The van der Waals surface area contributed by atoms with Gasteiger partial charge in [0.05, 0.1) is 56.5 Å². The molecule has 0 aliphatic carbocycles. The van der Waals surface area contributed by atoms with Gasteiger partial charge in [-0.1, -0.05) is 30.3 Å². The van der Waals surface area contributed by atoms with Gasteiger partial charge in [0.1, 0.15) is 46.7 Å². The predicted molar refractivity (Wildman–Crippen MR) is 219 cm³/mol. The van der Waals surface area contributed by atoms with Gasteiger partial charge in [0.15, 0.2) is 0 Å². The number of aliphatic hydroxyl groups is 1. The molecule has 8 atom stereocenters. The molecule has 0 unspecified atom stereocenters. The van der Waals surface area contributed by atoms with Crippen molar-refractivity contribution in [1.82, 2.24) is 15.1 Å². The Morgan fingerprint density at radius 1 is 0.714 bits per heavy atom. The van der Waals surface area contributed by atoms with Gasteiger partial charge < -0.3 is 34.1 Å². The fraction of sp³-hybridized carbons (Fsp3) is 0.522. The van der Waals surface area contributed by atoms with Gasteiger partial charge in [0.25, 0.3) is 0 Å². The molecule has 0 spiro atoms. The minimum absolute atomic E-state index is 0.0783. The lowest BCUT2D eigenvalue weighted by atomic mass is 9.88. The van der Waals surface area contributed by atoms with E-state index in [0.717, 1.165) is 17.7 Å². The van der Waals surface area contributed by atoms with E-state index in [4.69, 9.17) is 23.7 Å². The van der Waals surface area contributed by atoms with E-state index in [9.17, 15) is 41.8 Å². The van der Waals surface area contributed by atoms with E-state index >= 15 is 0 Å². The Morgan fingerprint density at radius 2 is 1.24 bits per heavy atom. The number of ether oxygens (including phenoxy) is 5. The van der Waals surface area contributed by atoms with E-state index in [0.29, 0.717) is 24.2 Å². The maximum atomic E-state index is 13.7. The number of cyclic esters (lactones) is 2. The predicted octanol–water partition coefficient (Wildman–Crippen LogP) is 7.39. The van der Waals surface area contributed by atoms with Gasteiger partial charge in [-0.3, -0.25) is 14.6 Å². The second kappa shape index (κ2) is 19.5. The molecule has 4 aliphatic heterocycles. The molecular formula is C46H55F4N3O10. The first kappa shape index (κ1) is 47.1.